The fourth-order valence-electron chi connectivity index (χ4n) is 1.19. The highest BCUT2D eigenvalue weighted by Crippen LogP contribution is 2.10. The molecule has 2 nitrogen and oxygen atoms in total. The Hall–Kier alpha value is -0.600. The van der Waals surface area contributed by atoms with Gasteiger partial charge >= 0.3 is 5.97 Å². The number of rotatable bonds is 8. The molecule has 1 atom stereocenters. The van der Waals surface area contributed by atoms with Crippen LogP contribution in [0.15, 0.2) is 0 Å². The van der Waals surface area contributed by atoms with Crippen LogP contribution < -0.4 is 0 Å². The van der Waals surface area contributed by atoms with Crippen LogP contribution >= 0.6 is 0 Å². The van der Waals surface area contributed by atoms with Gasteiger partial charge in [-0.25, -0.2) is 4.39 Å². The van der Waals surface area contributed by atoms with Crippen molar-refractivity contribution in [3.8, 4) is 0 Å². The molecule has 0 spiro atoms. The summed E-state index contributed by atoms with van der Waals surface area (Å²) in [5.74, 6) is -0.453. The van der Waals surface area contributed by atoms with Crippen LogP contribution in [0.2, 0.25) is 0 Å². The maximum absolute atomic E-state index is 12.9. The van der Waals surface area contributed by atoms with Crippen LogP contribution in [0, 0.1) is 0 Å². The Morgan fingerprint density at radius 2 is 1.86 bits per heavy atom. The summed E-state index contributed by atoms with van der Waals surface area (Å²) < 4.78 is 17.4. The lowest BCUT2D eigenvalue weighted by atomic mass is 10.1. The molecule has 0 bridgehead atoms. The predicted molar refractivity (Wildman–Crippen MR) is 54.7 cm³/mol. The van der Waals surface area contributed by atoms with Crippen molar-refractivity contribution in [3.05, 3.63) is 0 Å². The van der Waals surface area contributed by atoms with E-state index in [1.807, 2.05) is 0 Å². The van der Waals surface area contributed by atoms with E-state index in [1.54, 1.807) is 6.92 Å². The minimum absolute atomic E-state index is 0.246. The quantitative estimate of drug-likeness (QED) is 0.446. The van der Waals surface area contributed by atoms with E-state index in [2.05, 4.69) is 11.7 Å². The Labute approximate surface area is 85.8 Å². The summed E-state index contributed by atoms with van der Waals surface area (Å²) in [5.41, 5.74) is 0. The second-order valence-corrected chi connectivity index (χ2v) is 3.46. The van der Waals surface area contributed by atoms with E-state index < -0.39 is 12.3 Å². The summed E-state index contributed by atoms with van der Waals surface area (Å²) in [7, 11) is 0. The van der Waals surface area contributed by atoms with E-state index in [0.29, 0.717) is 6.42 Å². The SMILES string of the molecule is CCCCCCCC(F)OC(=O)CC. The van der Waals surface area contributed by atoms with Gasteiger partial charge in [0.05, 0.1) is 0 Å². The van der Waals surface area contributed by atoms with Crippen LogP contribution in [0.5, 0.6) is 0 Å². The van der Waals surface area contributed by atoms with Crippen molar-refractivity contribution >= 4 is 5.97 Å². The third-order valence-corrected chi connectivity index (χ3v) is 2.08. The molecule has 0 radical (unpaired) electrons. The van der Waals surface area contributed by atoms with E-state index >= 15 is 0 Å². The van der Waals surface area contributed by atoms with Crippen LogP contribution in [0.1, 0.15) is 58.8 Å². The summed E-state index contributed by atoms with van der Waals surface area (Å²) in [4.78, 5) is 10.7. The van der Waals surface area contributed by atoms with Gasteiger partial charge in [-0.15, -0.1) is 0 Å². The summed E-state index contributed by atoms with van der Waals surface area (Å²) in [6.45, 7) is 3.80. The Balaban J connectivity index is 3.26. The second kappa shape index (κ2) is 8.97. The summed E-state index contributed by atoms with van der Waals surface area (Å²) in [5, 5.41) is 0. The van der Waals surface area contributed by atoms with Crippen molar-refractivity contribution in [3.63, 3.8) is 0 Å². The molecule has 1 unspecified atom stereocenters. The van der Waals surface area contributed by atoms with Crippen LogP contribution in [-0.4, -0.2) is 12.3 Å². The first-order valence-electron chi connectivity index (χ1n) is 5.54. The molecule has 0 saturated carbocycles. The monoisotopic (exact) mass is 204 g/mol. The van der Waals surface area contributed by atoms with Gasteiger partial charge in [0.2, 0.25) is 6.36 Å². The fourth-order valence-corrected chi connectivity index (χ4v) is 1.19. The van der Waals surface area contributed by atoms with Gasteiger partial charge in [0, 0.05) is 12.8 Å². The highest BCUT2D eigenvalue weighted by Gasteiger charge is 2.10. The van der Waals surface area contributed by atoms with Crippen LogP contribution in [0.4, 0.5) is 4.39 Å². The third kappa shape index (κ3) is 8.02. The lowest BCUT2D eigenvalue weighted by molar-refractivity contribution is -0.158. The lowest BCUT2D eigenvalue weighted by Gasteiger charge is -2.08. The van der Waals surface area contributed by atoms with Crippen molar-refractivity contribution in [2.24, 2.45) is 0 Å². The van der Waals surface area contributed by atoms with Gasteiger partial charge in [-0.1, -0.05) is 39.5 Å². The average molecular weight is 204 g/mol. The smallest absolute Gasteiger partial charge is 0.308 e. The van der Waals surface area contributed by atoms with Crippen LogP contribution in [0.25, 0.3) is 0 Å². The molecule has 0 fully saturated rings. The van der Waals surface area contributed by atoms with Gasteiger partial charge in [-0.2, -0.15) is 0 Å². The maximum Gasteiger partial charge on any atom is 0.308 e. The standard InChI is InChI=1S/C11H21FO2/c1-3-5-6-7-8-9-10(12)14-11(13)4-2/h10H,3-9H2,1-2H3. The molecule has 0 aromatic rings. The van der Waals surface area contributed by atoms with E-state index in [0.717, 1.165) is 19.3 Å². The van der Waals surface area contributed by atoms with Crippen molar-refractivity contribution < 1.29 is 13.9 Å². The number of hydrogen-bond acceptors (Lipinski definition) is 2. The molecular formula is C11H21FO2. The number of hydrogen-bond donors (Lipinski definition) is 0. The van der Waals surface area contributed by atoms with Gasteiger partial charge < -0.3 is 4.74 Å². The largest absolute Gasteiger partial charge is 0.431 e. The molecule has 0 amide bonds. The van der Waals surface area contributed by atoms with Crippen LogP contribution in [0.3, 0.4) is 0 Å². The van der Waals surface area contributed by atoms with E-state index in [-0.39, 0.29) is 6.42 Å². The number of carbonyl (C=O) groups excluding carboxylic acids is 1. The number of ether oxygens (including phenoxy) is 1. The molecule has 0 aromatic heterocycles. The Morgan fingerprint density at radius 3 is 2.43 bits per heavy atom. The zero-order valence-electron chi connectivity index (χ0n) is 9.22. The fraction of sp³-hybridized carbons (Fsp3) is 0.909. The molecule has 0 aliphatic carbocycles. The Kier molecular flexibility index (Phi) is 8.59. The first-order valence-corrected chi connectivity index (χ1v) is 5.54. The van der Waals surface area contributed by atoms with E-state index in [1.165, 1.54) is 12.8 Å². The Bertz CT molecular complexity index is 148. The zero-order valence-corrected chi connectivity index (χ0v) is 9.22. The molecule has 0 saturated heterocycles. The topological polar surface area (TPSA) is 26.3 Å². The molecule has 0 heterocycles. The summed E-state index contributed by atoms with van der Waals surface area (Å²) >= 11 is 0. The minimum Gasteiger partial charge on any atom is -0.431 e. The molecule has 84 valence electrons. The van der Waals surface area contributed by atoms with Gasteiger partial charge in [0.1, 0.15) is 0 Å². The van der Waals surface area contributed by atoms with E-state index in [4.69, 9.17) is 0 Å². The van der Waals surface area contributed by atoms with Gasteiger partial charge in [0.25, 0.3) is 0 Å². The minimum atomic E-state index is -1.40. The molecule has 3 heteroatoms. The van der Waals surface area contributed by atoms with Crippen molar-refractivity contribution in [2.45, 2.75) is 65.2 Å². The first-order chi connectivity index (χ1) is 6.70. The molecule has 0 N–H and O–H groups in total. The number of alkyl halides is 1. The third-order valence-electron chi connectivity index (χ3n) is 2.08. The number of carbonyl (C=O) groups is 1. The normalized spacial score (nSPS) is 12.5. The average Bonchev–Trinajstić information content (AvgIpc) is 2.17. The number of esters is 1. The number of halogens is 1. The summed E-state index contributed by atoms with van der Waals surface area (Å²) in [6.07, 6.45) is 4.55. The molecular weight excluding hydrogens is 183 g/mol. The first kappa shape index (κ1) is 13.4. The number of unbranched alkanes of at least 4 members (excludes halogenated alkanes) is 4. The van der Waals surface area contributed by atoms with Crippen LogP contribution in [-0.2, 0) is 9.53 Å². The van der Waals surface area contributed by atoms with E-state index in [9.17, 15) is 9.18 Å². The van der Waals surface area contributed by atoms with Crippen molar-refractivity contribution in [2.75, 3.05) is 0 Å². The zero-order chi connectivity index (χ0) is 10.8. The van der Waals surface area contributed by atoms with Gasteiger partial charge in [-0.3, -0.25) is 4.79 Å². The van der Waals surface area contributed by atoms with Gasteiger partial charge in [0.15, 0.2) is 0 Å². The van der Waals surface area contributed by atoms with Crippen molar-refractivity contribution in [1.82, 2.24) is 0 Å². The predicted octanol–water partition coefficient (Wildman–Crippen LogP) is 3.60. The van der Waals surface area contributed by atoms with Crippen molar-refractivity contribution in [1.29, 1.82) is 0 Å². The molecule has 0 rings (SSSR count). The molecule has 0 aliphatic heterocycles. The molecule has 0 aromatic carbocycles. The molecule has 14 heavy (non-hydrogen) atoms. The highest BCUT2D eigenvalue weighted by atomic mass is 19.1. The summed E-state index contributed by atoms with van der Waals surface area (Å²) in [6, 6.07) is 0. The maximum atomic E-state index is 12.9. The molecule has 0 aliphatic rings. The lowest BCUT2D eigenvalue weighted by Crippen LogP contribution is -2.12. The highest BCUT2D eigenvalue weighted by molar-refractivity contribution is 5.68. The second-order valence-electron chi connectivity index (χ2n) is 3.46. The Morgan fingerprint density at radius 1 is 1.21 bits per heavy atom. The van der Waals surface area contributed by atoms with Gasteiger partial charge in [-0.05, 0) is 6.42 Å².